The first kappa shape index (κ1) is 17.8. The van der Waals surface area contributed by atoms with Gasteiger partial charge in [0.05, 0.1) is 12.7 Å². The number of nitrogens with one attached hydrogen (secondary N) is 1. The van der Waals surface area contributed by atoms with Gasteiger partial charge in [-0.25, -0.2) is 0 Å². The maximum absolute atomic E-state index is 12.6. The Hall–Kier alpha value is -2.99. The monoisotopic (exact) mass is 372 g/mol. The second kappa shape index (κ2) is 7.93. The van der Waals surface area contributed by atoms with Gasteiger partial charge in [-0.05, 0) is 43.3 Å². The molecule has 0 spiro atoms. The average Bonchev–Trinajstić information content (AvgIpc) is 3.02. The van der Waals surface area contributed by atoms with Crippen molar-refractivity contribution in [2.75, 3.05) is 12.4 Å². The fourth-order valence-electron chi connectivity index (χ4n) is 2.32. The zero-order valence-electron chi connectivity index (χ0n) is 14.3. The predicted molar refractivity (Wildman–Crippen MR) is 98.0 cm³/mol. The fourth-order valence-corrected chi connectivity index (χ4v) is 2.44. The average molecular weight is 373 g/mol. The SMILES string of the molecule is COc1cccc(NC(=O)c2noc(C)c2COc2ccc(Cl)cc2)c1. The maximum Gasteiger partial charge on any atom is 0.278 e. The van der Waals surface area contributed by atoms with Gasteiger partial charge in [-0.2, -0.15) is 0 Å². The van der Waals surface area contributed by atoms with Crippen molar-refractivity contribution in [3.63, 3.8) is 0 Å². The van der Waals surface area contributed by atoms with E-state index in [9.17, 15) is 4.79 Å². The van der Waals surface area contributed by atoms with Crippen LogP contribution in [0.4, 0.5) is 5.69 Å². The molecule has 7 heteroatoms. The normalized spacial score (nSPS) is 10.4. The number of benzene rings is 2. The minimum Gasteiger partial charge on any atom is -0.497 e. The van der Waals surface area contributed by atoms with Crippen LogP contribution < -0.4 is 14.8 Å². The van der Waals surface area contributed by atoms with Gasteiger partial charge in [0.2, 0.25) is 0 Å². The van der Waals surface area contributed by atoms with Crippen LogP contribution in [0.3, 0.4) is 0 Å². The molecule has 6 nitrogen and oxygen atoms in total. The summed E-state index contributed by atoms with van der Waals surface area (Å²) in [4.78, 5) is 12.6. The number of aromatic nitrogens is 1. The Balaban J connectivity index is 1.73. The molecule has 134 valence electrons. The fraction of sp³-hybridized carbons (Fsp3) is 0.158. The number of hydrogen-bond acceptors (Lipinski definition) is 5. The molecule has 0 aliphatic rings. The van der Waals surface area contributed by atoms with Crippen LogP contribution in [0.2, 0.25) is 5.02 Å². The Morgan fingerprint density at radius 1 is 1.19 bits per heavy atom. The lowest BCUT2D eigenvalue weighted by molar-refractivity contribution is 0.101. The number of amides is 1. The zero-order chi connectivity index (χ0) is 18.5. The van der Waals surface area contributed by atoms with E-state index >= 15 is 0 Å². The van der Waals surface area contributed by atoms with E-state index in [1.54, 1.807) is 62.6 Å². The lowest BCUT2D eigenvalue weighted by Crippen LogP contribution is -2.15. The van der Waals surface area contributed by atoms with Gasteiger partial charge in [-0.15, -0.1) is 0 Å². The second-order valence-electron chi connectivity index (χ2n) is 5.49. The van der Waals surface area contributed by atoms with Gasteiger partial charge in [-0.3, -0.25) is 4.79 Å². The van der Waals surface area contributed by atoms with Gasteiger partial charge in [0.25, 0.3) is 5.91 Å². The molecule has 1 N–H and O–H groups in total. The number of nitrogens with zero attached hydrogens (tertiary/aromatic N) is 1. The lowest BCUT2D eigenvalue weighted by Gasteiger charge is -2.08. The third-order valence-corrected chi connectivity index (χ3v) is 3.98. The molecule has 0 fully saturated rings. The molecular weight excluding hydrogens is 356 g/mol. The summed E-state index contributed by atoms with van der Waals surface area (Å²) in [6.07, 6.45) is 0. The van der Waals surface area contributed by atoms with Crippen LogP contribution >= 0.6 is 11.6 Å². The highest BCUT2D eigenvalue weighted by Gasteiger charge is 2.20. The van der Waals surface area contributed by atoms with E-state index in [1.165, 1.54) is 0 Å². The van der Waals surface area contributed by atoms with Gasteiger partial charge in [0, 0.05) is 16.8 Å². The number of carbonyl (C=O) groups is 1. The number of aryl methyl sites for hydroxylation is 1. The van der Waals surface area contributed by atoms with Gasteiger partial charge < -0.3 is 19.3 Å². The molecule has 26 heavy (non-hydrogen) atoms. The van der Waals surface area contributed by atoms with Crippen molar-refractivity contribution in [3.8, 4) is 11.5 Å². The number of rotatable bonds is 6. The van der Waals surface area contributed by atoms with Crippen molar-refractivity contribution < 1.29 is 18.8 Å². The van der Waals surface area contributed by atoms with Crippen molar-refractivity contribution in [1.29, 1.82) is 0 Å². The second-order valence-corrected chi connectivity index (χ2v) is 5.93. The minimum atomic E-state index is -0.384. The number of halogens is 1. The Kier molecular flexibility index (Phi) is 5.43. The molecule has 0 saturated carbocycles. The quantitative estimate of drug-likeness (QED) is 0.690. The van der Waals surface area contributed by atoms with E-state index in [4.69, 9.17) is 25.6 Å². The molecule has 3 aromatic rings. The van der Waals surface area contributed by atoms with Crippen LogP contribution in [0.25, 0.3) is 0 Å². The summed E-state index contributed by atoms with van der Waals surface area (Å²) in [5.74, 6) is 1.42. The first-order valence-corrected chi connectivity index (χ1v) is 8.23. The summed E-state index contributed by atoms with van der Waals surface area (Å²) in [5, 5.41) is 7.26. The van der Waals surface area contributed by atoms with E-state index in [2.05, 4.69) is 10.5 Å². The minimum absolute atomic E-state index is 0.151. The molecule has 2 aromatic carbocycles. The van der Waals surface area contributed by atoms with Crippen LogP contribution in [-0.4, -0.2) is 18.2 Å². The first-order valence-electron chi connectivity index (χ1n) is 7.85. The summed E-state index contributed by atoms with van der Waals surface area (Å²) in [6.45, 7) is 1.88. The van der Waals surface area contributed by atoms with Crippen LogP contribution in [0.1, 0.15) is 21.8 Å². The Morgan fingerprint density at radius 3 is 2.69 bits per heavy atom. The number of ether oxygens (including phenoxy) is 2. The zero-order valence-corrected chi connectivity index (χ0v) is 15.0. The van der Waals surface area contributed by atoms with Crippen LogP contribution in [0, 0.1) is 6.92 Å². The Labute approximate surface area is 155 Å². The summed E-state index contributed by atoms with van der Waals surface area (Å²) in [6, 6.07) is 14.0. The van der Waals surface area contributed by atoms with Crippen molar-refractivity contribution >= 4 is 23.2 Å². The highest BCUT2D eigenvalue weighted by molar-refractivity contribution is 6.30. The van der Waals surface area contributed by atoms with Gasteiger partial charge >= 0.3 is 0 Å². The van der Waals surface area contributed by atoms with E-state index in [-0.39, 0.29) is 18.2 Å². The van der Waals surface area contributed by atoms with Gasteiger partial charge in [0.15, 0.2) is 5.69 Å². The van der Waals surface area contributed by atoms with Crippen LogP contribution in [0.5, 0.6) is 11.5 Å². The number of hydrogen-bond donors (Lipinski definition) is 1. The van der Waals surface area contributed by atoms with E-state index < -0.39 is 0 Å². The molecule has 1 heterocycles. The Morgan fingerprint density at radius 2 is 1.96 bits per heavy atom. The van der Waals surface area contributed by atoms with Gasteiger partial charge in [-0.1, -0.05) is 22.8 Å². The molecule has 0 unspecified atom stereocenters. The molecule has 0 atom stereocenters. The van der Waals surface area contributed by atoms with Crippen molar-refractivity contribution in [3.05, 3.63) is 70.6 Å². The van der Waals surface area contributed by atoms with E-state index in [0.29, 0.717) is 33.5 Å². The molecule has 1 aromatic heterocycles. The van der Waals surface area contributed by atoms with Crippen molar-refractivity contribution in [2.45, 2.75) is 13.5 Å². The molecule has 0 aliphatic heterocycles. The molecule has 0 bridgehead atoms. The third-order valence-electron chi connectivity index (χ3n) is 3.72. The highest BCUT2D eigenvalue weighted by Crippen LogP contribution is 2.22. The van der Waals surface area contributed by atoms with Crippen LogP contribution in [0.15, 0.2) is 53.1 Å². The molecule has 0 saturated heterocycles. The molecule has 0 radical (unpaired) electrons. The standard InChI is InChI=1S/C19H17ClN2O4/c1-12-17(11-25-15-8-6-13(20)7-9-15)18(22-26-12)19(23)21-14-4-3-5-16(10-14)24-2/h3-10H,11H2,1-2H3,(H,21,23). The van der Waals surface area contributed by atoms with Crippen molar-refractivity contribution in [2.24, 2.45) is 0 Å². The largest absolute Gasteiger partial charge is 0.497 e. The third kappa shape index (κ3) is 4.15. The molecule has 0 aliphatic carbocycles. The first-order chi connectivity index (χ1) is 12.6. The Bertz CT molecular complexity index is 906. The smallest absolute Gasteiger partial charge is 0.278 e. The predicted octanol–water partition coefficient (Wildman–Crippen LogP) is 4.48. The van der Waals surface area contributed by atoms with Crippen LogP contribution in [-0.2, 0) is 6.61 Å². The molecular formula is C19H17ClN2O4. The summed E-state index contributed by atoms with van der Waals surface area (Å²) >= 11 is 5.86. The lowest BCUT2D eigenvalue weighted by atomic mass is 10.2. The maximum atomic E-state index is 12.6. The topological polar surface area (TPSA) is 73.6 Å². The van der Waals surface area contributed by atoms with Gasteiger partial charge in [0.1, 0.15) is 23.9 Å². The number of carbonyl (C=O) groups excluding carboxylic acids is 1. The highest BCUT2D eigenvalue weighted by atomic mass is 35.5. The summed E-state index contributed by atoms with van der Waals surface area (Å²) in [7, 11) is 1.56. The molecule has 3 rings (SSSR count). The molecule has 1 amide bonds. The summed E-state index contributed by atoms with van der Waals surface area (Å²) < 4.78 is 16.0. The van der Waals surface area contributed by atoms with E-state index in [1.807, 2.05) is 0 Å². The van der Waals surface area contributed by atoms with Crippen molar-refractivity contribution in [1.82, 2.24) is 5.16 Å². The summed E-state index contributed by atoms with van der Waals surface area (Å²) in [5.41, 5.74) is 1.36. The van der Waals surface area contributed by atoms with E-state index in [0.717, 1.165) is 0 Å². The number of anilines is 1. The number of methoxy groups -OCH3 is 1.